The first-order valence-corrected chi connectivity index (χ1v) is 12.0. The van der Waals surface area contributed by atoms with Crippen LogP contribution in [-0.4, -0.2) is 0 Å². The van der Waals surface area contributed by atoms with Crippen LogP contribution < -0.4 is 15.9 Å². The smallest absolute Gasteiger partial charge is 0.172 e. The van der Waals surface area contributed by atoms with E-state index in [1.165, 1.54) is 16.7 Å². The maximum Gasteiger partial charge on any atom is 0.172 e. The Kier molecular flexibility index (Phi) is 5.67. The zero-order valence-electron chi connectivity index (χ0n) is 19.3. The summed E-state index contributed by atoms with van der Waals surface area (Å²) in [6, 6.07) is 13.0. The Bertz CT molecular complexity index is 952. The molecule has 0 aliphatic carbocycles. The summed E-state index contributed by atoms with van der Waals surface area (Å²) >= 11 is 0. The second kappa shape index (κ2) is 7.62. The minimum Gasteiger partial charge on any atom is -0.309 e. The highest BCUT2D eigenvalue weighted by molar-refractivity contribution is 7.85. The molecular formula is C27H33OP. The highest BCUT2D eigenvalue weighted by Gasteiger charge is 2.37. The highest BCUT2D eigenvalue weighted by atomic mass is 31.2. The Morgan fingerprint density at radius 2 is 0.586 bits per heavy atom. The third-order valence-corrected chi connectivity index (χ3v) is 9.86. The van der Waals surface area contributed by atoms with E-state index in [4.69, 9.17) is 0 Å². The van der Waals surface area contributed by atoms with Crippen molar-refractivity contribution in [1.82, 2.24) is 0 Å². The lowest BCUT2D eigenvalue weighted by atomic mass is 10.1. The van der Waals surface area contributed by atoms with Crippen molar-refractivity contribution < 1.29 is 4.57 Å². The number of hydrogen-bond donors (Lipinski definition) is 0. The fourth-order valence-electron chi connectivity index (χ4n) is 5.34. The van der Waals surface area contributed by atoms with Crippen LogP contribution in [0, 0.1) is 62.3 Å². The Morgan fingerprint density at radius 3 is 0.759 bits per heavy atom. The molecule has 2 heteroatoms. The van der Waals surface area contributed by atoms with Gasteiger partial charge in [0.1, 0.15) is 0 Å². The summed E-state index contributed by atoms with van der Waals surface area (Å²) in [5, 5.41) is 3.02. The molecule has 0 bridgehead atoms. The molecule has 0 saturated carbocycles. The van der Waals surface area contributed by atoms with Crippen molar-refractivity contribution in [1.29, 1.82) is 0 Å². The number of benzene rings is 3. The van der Waals surface area contributed by atoms with Crippen molar-refractivity contribution in [3.63, 3.8) is 0 Å². The molecule has 0 N–H and O–H groups in total. The zero-order valence-corrected chi connectivity index (χ0v) is 20.2. The maximum atomic E-state index is 15.5. The van der Waals surface area contributed by atoms with Gasteiger partial charge in [-0.05, 0) is 95.7 Å². The molecule has 3 aromatic rings. The predicted octanol–water partition coefficient (Wildman–Crippen LogP) is 6.10. The van der Waals surface area contributed by atoms with Crippen molar-refractivity contribution in [2.45, 2.75) is 62.3 Å². The number of rotatable bonds is 3. The summed E-state index contributed by atoms with van der Waals surface area (Å²) in [6.07, 6.45) is 0. The van der Waals surface area contributed by atoms with E-state index < -0.39 is 7.14 Å². The molecule has 0 atom stereocenters. The Hall–Kier alpha value is -2.11. The van der Waals surface area contributed by atoms with Gasteiger partial charge in [0.25, 0.3) is 0 Å². The Labute approximate surface area is 176 Å². The van der Waals surface area contributed by atoms with E-state index in [1.807, 2.05) is 0 Å². The molecule has 0 aliphatic heterocycles. The largest absolute Gasteiger partial charge is 0.309 e. The maximum absolute atomic E-state index is 15.5. The van der Waals surface area contributed by atoms with Gasteiger partial charge < -0.3 is 4.57 Å². The first-order chi connectivity index (χ1) is 13.5. The van der Waals surface area contributed by atoms with Crippen molar-refractivity contribution in [2.24, 2.45) is 0 Å². The molecule has 1 nitrogen and oxygen atoms in total. The van der Waals surface area contributed by atoms with E-state index in [9.17, 15) is 0 Å². The molecular weight excluding hydrogens is 371 g/mol. The lowest BCUT2D eigenvalue weighted by molar-refractivity contribution is 0.592. The molecule has 0 unspecified atom stereocenters. The summed E-state index contributed by atoms with van der Waals surface area (Å²) in [6.45, 7) is 19.0. The molecule has 0 aromatic heterocycles. The van der Waals surface area contributed by atoms with Crippen LogP contribution in [0.3, 0.4) is 0 Å². The monoisotopic (exact) mass is 404 g/mol. The van der Waals surface area contributed by atoms with Gasteiger partial charge in [-0.1, -0.05) is 53.1 Å². The van der Waals surface area contributed by atoms with Crippen molar-refractivity contribution in [2.75, 3.05) is 0 Å². The van der Waals surface area contributed by atoms with E-state index in [2.05, 4.69) is 98.7 Å². The van der Waals surface area contributed by atoms with Crippen molar-refractivity contribution in [3.8, 4) is 0 Å². The van der Waals surface area contributed by atoms with Crippen LogP contribution in [0.5, 0.6) is 0 Å². The van der Waals surface area contributed by atoms with Crippen LogP contribution in [-0.2, 0) is 4.57 Å². The topological polar surface area (TPSA) is 17.1 Å². The fourth-order valence-corrected chi connectivity index (χ4v) is 9.38. The molecule has 152 valence electrons. The van der Waals surface area contributed by atoms with Gasteiger partial charge in [-0.2, -0.15) is 0 Å². The summed E-state index contributed by atoms with van der Waals surface area (Å²) in [7, 11) is -3.06. The number of hydrogen-bond acceptors (Lipinski definition) is 1. The molecule has 0 heterocycles. The quantitative estimate of drug-likeness (QED) is 0.482. The molecule has 0 saturated heterocycles. The van der Waals surface area contributed by atoms with Gasteiger partial charge >= 0.3 is 0 Å². The number of aryl methyl sites for hydroxylation is 9. The fraction of sp³-hybridized carbons (Fsp3) is 0.333. The predicted molar refractivity (Wildman–Crippen MR) is 128 cm³/mol. The minimum atomic E-state index is -3.06. The standard InChI is InChI=1S/C27H33OP/c1-16-10-19(4)25(20(5)11-16)29(28,26-21(6)12-17(2)13-22(26)7)27-23(8)14-18(3)15-24(27)9/h10-15H,1-9H3. The summed E-state index contributed by atoms with van der Waals surface area (Å²) in [4.78, 5) is 0. The minimum absolute atomic E-state index is 1.01. The van der Waals surface area contributed by atoms with Gasteiger partial charge in [0.2, 0.25) is 0 Å². The lowest BCUT2D eigenvalue weighted by Gasteiger charge is -2.30. The average Bonchev–Trinajstić information content (AvgIpc) is 2.51. The summed E-state index contributed by atoms with van der Waals surface area (Å²) in [5.74, 6) is 0. The Morgan fingerprint density at radius 1 is 0.414 bits per heavy atom. The van der Waals surface area contributed by atoms with Crippen LogP contribution in [0.4, 0.5) is 0 Å². The highest BCUT2D eigenvalue weighted by Crippen LogP contribution is 2.48. The van der Waals surface area contributed by atoms with Crippen molar-refractivity contribution >= 4 is 23.1 Å². The van der Waals surface area contributed by atoms with Crippen LogP contribution in [0.2, 0.25) is 0 Å². The van der Waals surface area contributed by atoms with Gasteiger partial charge in [0.05, 0.1) is 0 Å². The molecule has 0 aliphatic rings. The first kappa shape index (κ1) is 21.6. The van der Waals surface area contributed by atoms with Crippen LogP contribution in [0.25, 0.3) is 0 Å². The summed E-state index contributed by atoms with van der Waals surface area (Å²) < 4.78 is 15.5. The van der Waals surface area contributed by atoms with Crippen LogP contribution in [0.15, 0.2) is 36.4 Å². The average molecular weight is 405 g/mol. The van der Waals surface area contributed by atoms with Gasteiger partial charge in [-0.15, -0.1) is 0 Å². The van der Waals surface area contributed by atoms with E-state index in [0.29, 0.717) is 0 Å². The first-order valence-electron chi connectivity index (χ1n) is 10.3. The zero-order chi connectivity index (χ0) is 21.7. The molecule has 0 spiro atoms. The molecule has 3 rings (SSSR count). The Balaban J connectivity index is 2.58. The van der Waals surface area contributed by atoms with Gasteiger partial charge in [-0.3, -0.25) is 0 Å². The normalized spacial score (nSPS) is 11.8. The SMILES string of the molecule is Cc1cc(C)c(P(=O)(c2c(C)cc(C)cc2C)c2c(C)cc(C)cc2C)c(C)c1. The summed E-state index contributed by atoms with van der Waals surface area (Å²) in [5.41, 5.74) is 10.3. The molecule has 0 fully saturated rings. The van der Waals surface area contributed by atoms with Gasteiger partial charge in [-0.25, -0.2) is 0 Å². The van der Waals surface area contributed by atoms with Crippen molar-refractivity contribution in [3.05, 3.63) is 86.5 Å². The second-order valence-corrected chi connectivity index (χ2v) is 11.4. The van der Waals surface area contributed by atoms with E-state index in [0.717, 1.165) is 49.3 Å². The molecule has 3 aromatic carbocycles. The van der Waals surface area contributed by atoms with Crippen LogP contribution >= 0.6 is 7.14 Å². The van der Waals surface area contributed by atoms with E-state index in [1.54, 1.807) is 0 Å². The van der Waals surface area contributed by atoms with Crippen LogP contribution in [0.1, 0.15) is 50.1 Å². The van der Waals surface area contributed by atoms with Gasteiger partial charge in [0.15, 0.2) is 7.14 Å². The third-order valence-electron chi connectivity index (χ3n) is 5.85. The molecule has 0 radical (unpaired) electrons. The van der Waals surface area contributed by atoms with Gasteiger partial charge in [0, 0.05) is 15.9 Å². The van der Waals surface area contributed by atoms with E-state index in [-0.39, 0.29) is 0 Å². The van der Waals surface area contributed by atoms with E-state index >= 15 is 4.57 Å². The molecule has 29 heavy (non-hydrogen) atoms. The third kappa shape index (κ3) is 3.62. The molecule has 0 amide bonds. The lowest BCUT2D eigenvalue weighted by Crippen LogP contribution is -2.34. The second-order valence-electron chi connectivity index (χ2n) is 8.85.